The molecule has 4 aromatic rings. The minimum Gasteiger partial charge on any atom is -0.370 e. The second-order valence-electron chi connectivity index (χ2n) is 12.8. The standard InChI is InChI=1S/C34H40FN9/c1-22-6-2-3-7-26(22)27-21-30(38-31-23-10-16-43(17-11-23)32(27)31)44-33(36)39-34(40-44)37-24-8-9-29(28(35)20-24)42-18-12-25(13-19-42)41-14-4-5-15-41/h2-3,6-9,20-21,23,25H,4-5,10-19H2,1H3,(H3,36,37,39,40). The molecule has 3 fully saturated rings. The Hall–Kier alpha value is -4.18. The summed E-state index contributed by atoms with van der Waals surface area (Å²) in [5.41, 5.74) is 13.6. The summed E-state index contributed by atoms with van der Waals surface area (Å²) in [7, 11) is 0. The third kappa shape index (κ3) is 4.85. The number of fused-ring (bicyclic) bond motifs is 2. The summed E-state index contributed by atoms with van der Waals surface area (Å²) in [6, 6.07) is 16.5. The summed E-state index contributed by atoms with van der Waals surface area (Å²) in [5.74, 6) is 1.37. The van der Waals surface area contributed by atoms with Crippen LogP contribution in [0.3, 0.4) is 0 Å². The van der Waals surface area contributed by atoms with Crippen molar-refractivity contribution in [2.45, 2.75) is 57.4 Å². The topological polar surface area (TPSA) is 91.4 Å². The first-order chi connectivity index (χ1) is 21.5. The average Bonchev–Trinajstić information content (AvgIpc) is 3.72. The van der Waals surface area contributed by atoms with Crippen molar-refractivity contribution in [1.82, 2.24) is 24.6 Å². The van der Waals surface area contributed by atoms with Gasteiger partial charge < -0.3 is 25.8 Å². The van der Waals surface area contributed by atoms with Gasteiger partial charge in [-0.1, -0.05) is 24.3 Å². The van der Waals surface area contributed by atoms with Gasteiger partial charge in [0.05, 0.1) is 17.1 Å². The van der Waals surface area contributed by atoms with Crippen LogP contribution in [-0.2, 0) is 0 Å². The fourth-order valence-corrected chi connectivity index (χ4v) is 7.82. The molecule has 2 aromatic heterocycles. The molecule has 0 aliphatic carbocycles. The highest BCUT2D eigenvalue weighted by Gasteiger charge is 2.35. The Balaban J connectivity index is 1.05. The number of hydrogen-bond donors (Lipinski definition) is 2. The number of aryl methyl sites for hydroxylation is 1. The number of hydrogen-bond acceptors (Lipinski definition) is 8. The van der Waals surface area contributed by atoms with E-state index in [1.54, 1.807) is 4.68 Å². The number of piperidine rings is 2. The summed E-state index contributed by atoms with van der Waals surface area (Å²) in [5, 5.41) is 7.86. The Labute approximate surface area is 257 Å². The van der Waals surface area contributed by atoms with E-state index in [4.69, 9.17) is 10.7 Å². The number of nitrogens with one attached hydrogen (secondary N) is 1. The van der Waals surface area contributed by atoms with E-state index in [1.807, 2.05) is 12.1 Å². The van der Waals surface area contributed by atoms with Gasteiger partial charge in [-0.25, -0.2) is 9.37 Å². The maximum absolute atomic E-state index is 15.4. The van der Waals surface area contributed by atoms with Crippen LogP contribution in [-0.4, -0.2) is 70.0 Å². The predicted molar refractivity (Wildman–Crippen MR) is 174 cm³/mol. The number of rotatable bonds is 6. The lowest BCUT2D eigenvalue weighted by atomic mass is 9.83. The van der Waals surface area contributed by atoms with Crippen LogP contribution in [0, 0.1) is 12.7 Å². The van der Waals surface area contributed by atoms with E-state index in [0.717, 1.165) is 63.1 Å². The molecular formula is C34H40FN9. The highest BCUT2D eigenvalue weighted by atomic mass is 19.1. The number of likely N-dealkylation sites (tertiary alicyclic amines) is 1. The Morgan fingerprint density at radius 1 is 0.841 bits per heavy atom. The van der Waals surface area contributed by atoms with E-state index in [1.165, 1.54) is 48.8 Å². The van der Waals surface area contributed by atoms with Crippen LogP contribution >= 0.6 is 0 Å². The van der Waals surface area contributed by atoms with Gasteiger partial charge in [0, 0.05) is 49.4 Å². The molecule has 228 valence electrons. The summed E-state index contributed by atoms with van der Waals surface area (Å²) in [6.07, 6.45) is 6.99. The van der Waals surface area contributed by atoms with E-state index in [9.17, 15) is 0 Å². The lowest BCUT2D eigenvalue weighted by molar-refractivity contribution is 0.207. The van der Waals surface area contributed by atoms with Gasteiger partial charge in [0.2, 0.25) is 11.9 Å². The van der Waals surface area contributed by atoms with Crippen molar-refractivity contribution in [2.24, 2.45) is 0 Å². The Morgan fingerprint density at radius 2 is 1.59 bits per heavy atom. The first-order valence-corrected chi connectivity index (χ1v) is 16.2. The first kappa shape index (κ1) is 27.4. The number of nitrogens with zero attached hydrogens (tertiary/aromatic N) is 7. The summed E-state index contributed by atoms with van der Waals surface area (Å²) >= 11 is 0. The zero-order valence-electron chi connectivity index (χ0n) is 25.3. The highest BCUT2D eigenvalue weighted by molar-refractivity contribution is 5.84. The fraction of sp³-hybridized carbons (Fsp3) is 0.441. The molecule has 0 unspecified atom stereocenters. The van der Waals surface area contributed by atoms with Crippen molar-refractivity contribution >= 4 is 29.0 Å². The molecule has 9 rings (SSSR count). The zero-order chi connectivity index (χ0) is 29.8. The van der Waals surface area contributed by atoms with Crippen molar-refractivity contribution < 1.29 is 4.39 Å². The molecule has 10 heteroatoms. The van der Waals surface area contributed by atoms with Gasteiger partial charge in [0.1, 0.15) is 5.82 Å². The van der Waals surface area contributed by atoms with Gasteiger partial charge in [-0.15, -0.1) is 5.10 Å². The van der Waals surface area contributed by atoms with Crippen molar-refractivity contribution in [3.63, 3.8) is 0 Å². The lowest BCUT2D eigenvalue weighted by Gasteiger charge is -2.42. The molecule has 44 heavy (non-hydrogen) atoms. The molecule has 2 aromatic carbocycles. The summed E-state index contributed by atoms with van der Waals surface area (Å²) in [6.45, 7) is 8.44. The maximum atomic E-state index is 15.4. The number of nitrogens with two attached hydrogens (primary N) is 1. The molecule has 3 saturated heterocycles. The van der Waals surface area contributed by atoms with Crippen LogP contribution < -0.4 is 20.9 Å². The van der Waals surface area contributed by atoms with E-state index < -0.39 is 0 Å². The van der Waals surface area contributed by atoms with Gasteiger partial charge in [0.15, 0.2) is 5.82 Å². The highest BCUT2D eigenvalue weighted by Crippen LogP contribution is 2.47. The van der Waals surface area contributed by atoms with Crippen LogP contribution in [0.2, 0.25) is 0 Å². The quantitative estimate of drug-likeness (QED) is 0.287. The average molecular weight is 594 g/mol. The maximum Gasteiger partial charge on any atom is 0.248 e. The van der Waals surface area contributed by atoms with Gasteiger partial charge in [-0.3, -0.25) is 0 Å². The molecule has 0 radical (unpaired) electrons. The SMILES string of the molecule is Cc1ccccc1-c1cc(-n2nc(Nc3ccc(N4CCC(N5CCCC5)CC4)c(F)c3)nc2N)nc2c1N1CCC2CC1. The fourth-order valence-electron chi connectivity index (χ4n) is 7.82. The van der Waals surface area contributed by atoms with Crippen molar-refractivity contribution in [3.8, 4) is 16.9 Å². The number of aromatic nitrogens is 4. The molecule has 7 heterocycles. The van der Waals surface area contributed by atoms with Gasteiger partial charge in [-0.2, -0.15) is 9.67 Å². The van der Waals surface area contributed by atoms with Crippen LogP contribution in [0.1, 0.15) is 55.7 Å². The minimum atomic E-state index is -0.244. The van der Waals surface area contributed by atoms with Gasteiger partial charge in [-0.05, 0) is 93.9 Å². The first-order valence-electron chi connectivity index (χ1n) is 16.2. The molecule has 9 nitrogen and oxygen atoms in total. The molecule has 5 aliphatic rings. The smallest absolute Gasteiger partial charge is 0.248 e. The molecule has 2 bridgehead atoms. The van der Waals surface area contributed by atoms with Gasteiger partial charge >= 0.3 is 0 Å². The summed E-state index contributed by atoms with van der Waals surface area (Å²) < 4.78 is 17.0. The molecule has 3 N–H and O–H groups in total. The van der Waals surface area contributed by atoms with Gasteiger partial charge in [0.25, 0.3) is 0 Å². The zero-order valence-corrected chi connectivity index (χ0v) is 25.3. The molecule has 5 aliphatic heterocycles. The number of benzene rings is 2. The molecule has 0 saturated carbocycles. The number of pyridine rings is 1. The van der Waals surface area contributed by atoms with E-state index in [0.29, 0.717) is 35.1 Å². The second-order valence-corrected chi connectivity index (χ2v) is 12.8. The van der Waals surface area contributed by atoms with E-state index in [2.05, 4.69) is 67.4 Å². The molecular weight excluding hydrogens is 553 g/mol. The molecule has 0 amide bonds. The third-order valence-corrected chi connectivity index (χ3v) is 10.2. The minimum absolute atomic E-state index is 0.231. The van der Waals surface area contributed by atoms with Crippen molar-refractivity contribution in [2.75, 3.05) is 60.1 Å². The van der Waals surface area contributed by atoms with Crippen LogP contribution in [0.5, 0.6) is 0 Å². The van der Waals surface area contributed by atoms with Crippen LogP contribution in [0.4, 0.5) is 33.3 Å². The number of halogens is 1. The normalized spacial score (nSPS) is 19.1. The Kier molecular flexibility index (Phi) is 6.89. The van der Waals surface area contributed by atoms with Crippen molar-refractivity contribution in [1.29, 1.82) is 0 Å². The van der Waals surface area contributed by atoms with Crippen LogP contribution in [0.25, 0.3) is 16.9 Å². The van der Waals surface area contributed by atoms with E-state index in [-0.39, 0.29) is 11.8 Å². The molecule has 0 atom stereocenters. The Morgan fingerprint density at radius 3 is 2.34 bits per heavy atom. The number of anilines is 5. The molecule has 0 spiro atoms. The van der Waals surface area contributed by atoms with Crippen molar-refractivity contribution in [3.05, 3.63) is 65.6 Å². The Bertz CT molecular complexity index is 1680. The van der Waals surface area contributed by atoms with E-state index >= 15 is 4.39 Å². The van der Waals surface area contributed by atoms with Crippen LogP contribution in [0.15, 0.2) is 48.5 Å². The summed E-state index contributed by atoms with van der Waals surface area (Å²) in [4.78, 5) is 16.9. The second kappa shape index (κ2) is 11.1. The largest absolute Gasteiger partial charge is 0.370 e. The number of nitrogen functional groups attached to an aromatic ring is 1. The lowest BCUT2D eigenvalue weighted by Crippen LogP contribution is -2.44. The predicted octanol–water partition coefficient (Wildman–Crippen LogP) is 5.86. The monoisotopic (exact) mass is 593 g/mol. The third-order valence-electron chi connectivity index (χ3n) is 10.2.